The summed E-state index contributed by atoms with van der Waals surface area (Å²) in [7, 11) is 4.07. The van der Waals surface area contributed by atoms with Crippen LogP contribution in [0.5, 0.6) is 0 Å². The highest BCUT2D eigenvalue weighted by Gasteiger charge is 2.55. The molecule has 0 unspecified atom stereocenters. The normalized spacial score (nSPS) is 18.3. The van der Waals surface area contributed by atoms with E-state index in [-0.39, 0.29) is 11.0 Å². The number of nitrogens with two attached hydrogens (primary N) is 1. The Balaban J connectivity index is 2.49. The zero-order valence-corrected chi connectivity index (χ0v) is 10.6. The quantitative estimate of drug-likeness (QED) is 0.844. The van der Waals surface area contributed by atoms with Crippen molar-refractivity contribution in [1.29, 1.82) is 0 Å². The van der Waals surface area contributed by atoms with Crippen molar-refractivity contribution in [3.8, 4) is 0 Å². The van der Waals surface area contributed by atoms with Crippen LogP contribution >= 0.6 is 0 Å². The predicted octanol–water partition coefficient (Wildman–Crippen LogP) is 1.92. The summed E-state index contributed by atoms with van der Waals surface area (Å²) in [4.78, 5) is 6.54. The highest BCUT2D eigenvalue weighted by Crippen LogP contribution is 2.56. The third-order valence-electron chi connectivity index (χ3n) is 3.71. The van der Waals surface area contributed by atoms with Crippen LogP contribution in [0, 0.1) is 0 Å². The Hall–Kier alpha value is -1.09. The van der Waals surface area contributed by atoms with E-state index in [1.807, 2.05) is 26.4 Å². The molecule has 1 fully saturated rings. The standard InChI is InChI=1S/C13H21N3/c1-12(2,14)13(7-8-13)10-6-5-9-15-11(10)16(3)4/h5-6,9H,7-8,14H2,1-4H3. The van der Waals surface area contributed by atoms with E-state index in [2.05, 4.69) is 29.8 Å². The lowest BCUT2D eigenvalue weighted by molar-refractivity contribution is 0.391. The number of rotatable bonds is 3. The Morgan fingerprint density at radius 3 is 2.44 bits per heavy atom. The molecule has 0 aromatic carbocycles. The van der Waals surface area contributed by atoms with Crippen LogP contribution in [0.25, 0.3) is 0 Å². The highest BCUT2D eigenvalue weighted by atomic mass is 15.1. The fourth-order valence-corrected chi connectivity index (χ4v) is 2.51. The van der Waals surface area contributed by atoms with Crippen molar-refractivity contribution in [3.63, 3.8) is 0 Å². The number of pyridine rings is 1. The number of hydrogen-bond acceptors (Lipinski definition) is 3. The van der Waals surface area contributed by atoms with E-state index < -0.39 is 0 Å². The molecule has 0 spiro atoms. The Labute approximate surface area is 97.7 Å². The van der Waals surface area contributed by atoms with Crippen molar-refractivity contribution >= 4 is 5.82 Å². The van der Waals surface area contributed by atoms with Gasteiger partial charge >= 0.3 is 0 Å². The van der Waals surface area contributed by atoms with Gasteiger partial charge < -0.3 is 10.6 Å². The molecule has 0 aliphatic heterocycles. The number of anilines is 1. The highest BCUT2D eigenvalue weighted by molar-refractivity contribution is 5.54. The third-order valence-corrected chi connectivity index (χ3v) is 3.71. The first-order chi connectivity index (χ1) is 7.38. The largest absolute Gasteiger partial charge is 0.363 e. The Kier molecular flexibility index (Phi) is 2.46. The minimum absolute atomic E-state index is 0.126. The molecule has 1 aliphatic carbocycles. The van der Waals surface area contributed by atoms with Crippen LogP contribution in [0.15, 0.2) is 18.3 Å². The van der Waals surface area contributed by atoms with E-state index in [1.165, 1.54) is 18.4 Å². The lowest BCUT2D eigenvalue weighted by Gasteiger charge is -2.33. The van der Waals surface area contributed by atoms with Crippen LogP contribution in [0.4, 0.5) is 5.82 Å². The molecule has 1 heterocycles. The van der Waals surface area contributed by atoms with Crippen LogP contribution in [-0.4, -0.2) is 24.6 Å². The maximum Gasteiger partial charge on any atom is 0.131 e. The molecular formula is C13H21N3. The SMILES string of the molecule is CN(C)c1ncccc1C1(C(C)(C)N)CC1. The van der Waals surface area contributed by atoms with Crippen molar-refractivity contribution in [3.05, 3.63) is 23.9 Å². The molecule has 0 amide bonds. The van der Waals surface area contributed by atoms with E-state index in [9.17, 15) is 0 Å². The Morgan fingerprint density at radius 2 is 2.00 bits per heavy atom. The van der Waals surface area contributed by atoms with Gasteiger partial charge in [-0.15, -0.1) is 0 Å². The smallest absolute Gasteiger partial charge is 0.131 e. The molecule has 2 N–H and O–H groups in total. The van der Waals surface area contributed by atoms with Gasteiger partial charge in [-0.05, 0) is 32.8 Å². The van der Waals surface area contributed by atoms with Crippen molar-refractivity contribution in [2.45, 2.75) is 37.6 Å². The Morgan fingerprint density at radius 1 is 1.38 bits per heavy atom. The van der Waals surface area contributed by atoms with Gasteiger partial charge in [0.25, 0.3) is 0 Å². The van der Waals surface area contributed by atoms with E-state index in [1.54, 1.807) is 0 Å². The molecule has 0 saturated heterocycles. The van der Waals surface area contributed by atoms with Gasteiger partial charge in [0.15, 0.2) is 0 Å². The molecule has 0 bridgehead atoms. The molecule has 88 valence electrons. The average Bonchev–Trinajstić information content (AvgIpc) is 2.97. The maximum atomic E-state index is 6.33. The first-order valence-electron chi connectivity index (χ1n) is 5.80. The second-order valence-corrected chi connectivity index (χ2v) is 5.57. The monoisotopic (exact) mass is 219 g/mol. The zero-order chi connectivity index (χ0) is 12.0. The fourth-order valence-electron chi connectivity index (χ4n) is 2.51. The molecule has 1 saturated carbocycles. The lowest BCUT2D eigenvalue weighted by Crippen LogP contribution is -2.45. The van der Waals surface area contributed by atoms with Crippen LogP contribution < -0.4 is 10.6 Å². The summed E-state index contributed by atoms with van der Waals surface area (Å²) in [6.07, 6.45) is 4.19. The van der Waals surface area contributed by atoms with Gasteiger partial charge in [0.05, 0.1) is 0 Å². The summed E-state index contributed by atoms with van der Waals surface area (Å²) in [5.41, 5.74) is 7.58. The fraction of sp³-hybridized carbons (Fsp3) is 0.615. The van der Waals surface area contributed by atoms with Gasteiger partial charge in [-0.2, -0.15) is 0 Å². The first kappa shape index (κ1) is 11.4. The van der Waals surface area contributed by atoms with Gasteiger partial charge in [-0.1, -0.05) is 6.07 Å². The Bertz CT molecular complexity index is 386. The maximum absolute atomic E-state index is 6.33. The summed E-state index contributed by atoms with van der Waals surface area (Å²) in [5.74, 6) is 1.05. The van der Waals surface area contributed by atoms with Gasteiger partial charge in [0, 0.05) is 36.8 Å². The van der Waals surface area contributed by atoms with Gasteiger partial charge in [0.1, 0.15) is 5.82 Å². The van der Waals surface area contributed by atoms with Crippen LogP contribution in [-0.2, 0) is 5.41 Å². The van der Waals surface area contributed by atoms with Crippen LogP contribution in [0.2, 0.25) is 0 Å². The van der Waals surface area contributed by atoms with Gasteiger partial charge in [0.2, 0.25) is 0 Å². The molecule has 1 aromatic rings. The third kappa shape index (κ3) is 1.59. The first-order valence-corrected chi connectivity index (χ1v) is 5.80. The summed E-state index contributed by atoms with van der Waals surface area (Å²) in [5, 5.41) is 0. The van der Waals surface area contributed by atoms with Crippen molar-refractivity contribution in [2.24, 2.45) is 5.73 Å². The summed E-state index contributed by atoms with van der Waals surface area (Å²) in [6, 6.07) is 4.18. The van der Waals surface area contributed by atoms with E-state index in [0.29, 0.717) is 0 Å². The second kappa shape index (κ2) is 3.45. The van der Waals surface area contributed by atoms with E-state index in [0.717, 1.165) is 5.82 Å². The summed E-state index contributed by atoms with van der Waals surface area (Å²) >= 11 is 0. The molecule has 2 rings (SSSR count). The summed E-state index contributed by atoms with van der Waals surface area (Å²) < 4.78 is 0. The van der Waals surface area contributed by atoms with Gasteiger partial charge in [-0.3, -0.25) is 0 Å². The number of hydrogen-bond donors (Lipinski definition) is 1. The average molecular weight is 219 g/mol. The molecule has 3 heteroatoms. The van der Waals surface area contributed by atoms with Gasteiger partial charge in [-0.25, -0.2) is 4.98 Å². The van der Waals surface area contributed by atoms with Crippen LogP contribution in [0.3, 0.4) is 0 Å². The molecule has 1 aliphatic rings. The molecule has 1 aromatic heterocycles. The molecule has 16 heavy (non-hydrogen) atoms. The zero-order valence-electron chi connectivity index (χ0n) is 10.6. The molecule has 0 atom stereocenters. The lowest BCUT2D eigenvalue weighted by atomic mass is 9.79. The summed E-state index contributed by atoms with van der Waals surface area (Å²) in [6.45, 7) is 4.24. The minimum Gasteiger partial charge on any atom is -0.363 e. The van der Waals surface area contributed by atoms with Crippen LogP contribution in [0.1, 0.15) is 32.3 Å². The predicted molar refractivity (Wildman–Crippen MR) is 67.7 cm³/mol. The second-order valence-electron chi connectivity index (χ2n) is 5.57. The molecular weight excluding hydrogens is 198 g/mol. The number of aromatic nitrogens is 1. The van der Waals surface area contributed by atoms with Crippen molar-refractivity contribution in [2.75, 3.05) is 19.0 Å². The van der Waals surface area contributed by atoms with E-state index >= 15 is 0 Å². The molecule has 0 radical (unpaired) electrons. The molecule has 3 nitrogen and oxygen atoms in total. The van der Waals surface area contributed by atoms with Crippen molar-refractivity contribution in [1.82, 2.24) is 4.98 Å². The minimum atomic E-state index is -0.180. The van der Waals surface area contributed by atoms with Crippen molar-refractivity contribution < 1.29 is 0 Å². The van der Waals surface area contributed by atoms with E-state index in [4.69, 9.17) is 5.73 Å². The topological polar surface area (TPSA) is 42.2 Å². The number of nitrogens with zero attached hydrogens (tertiary/aromatic N) is 2.